The first-order valence-electron chi connectivity index (χ1n) is 12.7. The van der Waals surface area contributed by atoms with E-state index in [0.717, 1.165) is 24.4 Å². The van der Waals surface area contributed by atoms with Crippen LogP contribution in [0.4, 0.5) is 26.3 Å². The lowest BCUT2D eigenvalue weighted by molar-refractivity contribution is -0.182. The van der Waals surface area contributed by atoms with Crippen LogP contribution in [0.2, 0.25) is 10.0 Å². The van der Waals surface area contributed by atoms with E-state index in [0.29, 0.717) is 17.2 Å². The van der Waals surface area contributed by atoms with Gasteiger partial charge in [-0.1, -0.05) is 47.5 Å². The number of carbonyl (C=O) groups is 2. The summed E-state index contributed by atoms with van der Waals surface area (Å²) < 4.78 is 103. The van der Waals surface area contributed by atoms with Gasteiger partial charge in [-0.2, -0.15) is 31.6 Å². The minimum absolute atomic E-state index is 0.0153. The Morgan fingerprint density at radius 2 is 1.51 bits per heavy atom. The van der Waals surface area contributed by atoms with E-state index in [4.69, 9.17) is 28.5 Å². The summed E-state index contributed by atoms with van der Waals surface area (Å²) in [5.41, 5.74) is -3.52. The number of amides is 1. The molecule has 1 heterocycles. The maximum absolute atomic E-state index is 13.2. The van der Waals surface area contributed by atoms with Crippen LogP contribution < -0.4 is 0 Å². The van der Waals surface area contributed by atoms with Crippen molar-refractivity contribution in [2.75, 3.05) is 13.3 Å². The molecular formula is C29H21Cl2F6N3O6S. The molecule has 0 atom stereocenters. The predicted molar refractivity (Wildman–Crippen MR) is 157 cm³/mol. The molecule has 0 unspecified atom stereocenters. The summed E-state index contributed by atoms with van der Waals surface area (Å²) >= 11 is 11.7. The van der Waals surface area contributed by atoms with Crippen molar-refractivity contribution in [1.82, 2.24) is 14.9 Å². The maximum atomic E-state index is 13.2. The minimum atomic E-state index is -5.05. The van der Waals surface area contributed by atoms with E-state index in [1.54, 1.807) is 24.3 Å². The number of alkyl halides is 6. The first kappa shape index (κ1) is 37.2. The van der Waals surface area contributed by atoms with Gasteiger partial charge in [0, 0.05) is 41.7 Å². The maximum Gasteiger partial charge on any atom is 0.416 e. The molecule has 0 radical (unpaired) electrons. The van der Waals surface area contributed by atoms with Crippen molar-refractivity contribution in [3.8, 4) is 11.3 Å². The number of carbonyl (C=O) groups excluding carboxylic acids is 2. The van der Waals surface area contributed by atoms with Crippen molar-refractivity contribution >= 4 is 44.9 Å². The number of hydrogen-bond acceptors (Lipinski definition) is 8. The van der Waals surface area contributed by atoms with E-state index in [-0.39, 0.29) is 33.5 Å². The molecule has 0 aliphatic rings. The highest BCUT2D eigenvalue weighted by Gasteiger charge is 2.37. The van der Waals surface area contributed by atoms with E-state index in [1.807, 2.05) is 0 Å². The van der Waals surface area contributed by atoms with Gasteiger partial charge < -0.3 is 4.90 Å². The minimum Gasteiger partial charge on any atom is -0.337 e. The zero-order valence-electron chi connectivity index (χ0n) is 23.9. The fourth-order valence-corrected chi connectivity index (χ4v) is 4.81. The van der Waals surface area contributed by atoms with E-state index in [1.165, 1.54) is 24.3 Å². The van der Waals surface area contributed by atoms with Crippen LogP contribution >= 0.6 is 23.2 Å². The van der Waals surface area contributed by atoms with Crippen molar-refractivity contribution in [3.05, 3.63) is 111 Å². The Balaban J connectivity index is 0.000000461. The van der Waals surface area contributed by atoms with E-state index < -0.39 is 62.5 Å². The molecule has 0 aliphatic carbocycles. The second-order valence-electron chi connectivity index (χ2n) is 9.63. The normalized spacial score (nSPS) is 11.7. The SMILES string of the molecule is CN(Cc1cc(C(F)(F)F)cc(C(F)(F)F)c1)C(=O)c1cnc(S(C)(=O)=O)nc1-c1ccccc1Cl.O=C(OO)c1cccc(Cl)c1. The molecule has 0 bridgehead atoms. The van der Waals surface area contributed by atoms with Crippen LogP contribution in [-0.4, -0.2) is 53.7 Å². The Morgan fingerprint density at radius 3 is 2.02 bits per heavy atom. The zero-order chi connectivity index (χ0) is 35.3. The van der Waals surface area contributed by atoms with Gasteiger partial charge in [0.25, 0.3) is 5.91 Å². The van der Waals surface area contributed by atoms with E-state index in [9.17, 15) is 44.3 Å². The lowest BCUT2D eigenvalue weighted by Crippen LogP contribution is -2.28. The van der Waals surface area contributed by atoms with Gasteiger partial charge in [-0.3, -0.25) is 9.68 Å². The molecule has 4 aromatic rings. The average Bonchev–Trinajstić information content (AvgIpc) is 2.99. The average molecular weight is 724 g/mol. The molecule has 1 aromatic heterocycles. The van der Waals surface area contributed by atoms with Gasteiger partial charge >= 0.3 is 18.3 Å². The van der Waals surface area contributed by atoms with Crippen LogP contribution in [0.1, 0.15) is 37.4 Å². The number of hydrogen-bond donors (Lipinski definition) is 1. The van der Waals surface area contributed by atoms with Crippen molar-refractivity contribution in [2.24, 2.45) is 0 Å². The second-order valence-corrected chi connectivity index (χ2v) is 12.4. The molecule has 0 aliphatic heterocycles. The van der Waals surface area contributed by atoms with Gasteiger partial charge in [0.05, 0.1) is 27.9 Å². The quantitative estimate of drug-likeness (QED) is 0.0939. The number of rotatable bonds is 6. The molecule has 1 N–H and O–H groups in total. The Kier molecular flexibility index (Phi) is 11.6. The van der Waals surface area contributed by atoms with Gasteiger partial charge in [0.15, 0.2) is 0 Å². The Morgan fingerprint density at radius 1 is 0.915 bits per heavy atom. The third kappa shape index (κ3) is 9.87. The largest absolute Gasteiger partial charge is 0.416 e. The summed E-state index contributed by atoms with van der Waals surface area (Å²) in [5, 5.41) is 7.91. The first-order chi connectivity index (χ1) is 21.7. The van der Waals surface area contributed by atoms with Crippen molar-refractivity contribution in [3.63, 3.8) is 0 Å². The standard InChI is InChI=1S/C22H16ClF6N3O3S.C7H5ClO3/c1-32(11-12-7-13(21(24,25)26)9-14(8-12)22(27,28)29)19(33)16-10-30-20(36(2,34)35)31-18(16)15-5-3-4-6-17(15)23;8-6-3-1-2-5(4-6)7(9)11-10/h3-10H,11H2,1-2H3;1-4,10H. The number of nitrogens with zero attached hydrogens (tertiary/aromatic N) is 3. The van der Waals surface area contributed by atoms with Gasteiger partial charge in [0.1, 0.15) is 0 Å². The highest BCUT2D eigenvalue weighted by atomic mass is 35.5. The number of benzene rings is 3. The summed E-state index contributed by atoms with van der Waals surface area (Å²) in [6.07, 6.45) is -8.34. The third-order valence-corrected chi connectivity index (χ3v) is 7.44. The van der Waals surface area contributed by atoms with Crippen molar-refractivity contribution < 1.29 is 54.5 Å². The Labute approximate surface area is 273 Å². The van der Waals surface area contributed by atoms with Crippen LogP contribution in [0.25, 0.3) is 11.3 Å². The summed E-state index contributed by atoms with van der Waals surface area (Å²) in [7, 11) is -2.75. The Bertz CT molecular complexity index is 1870. The van der Waals surface area contributed by atoms with E-state index in [2.05, 4.69) is 14.9 Å². The number of sulfone groups is 1. The van der Waals surface area contributed by atoms with Crippen LogP contribution in [0.3, 0.4) is 0 Å². The van der Waals surface area contributed by atoms with Crippen LogP contribution in [0, 0.1) is 0 Å². The molecule has 0 saturated carbocycles. The molecule has 0 saturated heterocycles. The fraction of sp³-hybridized carbons (Fsp3) is 0.172. The van der Waals surface area contributed by atoms with Crippen LogP contribution in [0.5, 0.6) is 0 Å². The van der Waals surface area contributed by atoms with Gasteiger partial charge in [0.2, 0.25) is 15.0 Å². The summed E-state index contributed by atoms with van der Waals surface area (Å²) in [6.45, 7) is -0.637. The van der Waals surface area contributed by atoms with E-state index >= 15 is 0 Å². The summed E-state index contributed by atoms with van der Waals surface area (Å²) in [5.74, 6) is -1.71. The summed E-state index contributed by atoms with van der Waals surface area (Å²) in [6, 6.07) is 13.1. The topological polar surface area (TPSA) is 127 Å². The number of aromatic nitrogens is 2. The number of halogens is 8. The van der Waals surface area contributed by atoms with Crippen LogP contribution in [-0.2, 0) is 33.6 Å². The first-order valence-corrected chi connectivity index (χ1v) is 15.3. The molecular weight excluding hydrogens is 703 g/mol. The molecule has 1 amide bonds. The monoisotopic (exact) mass is 723 g/mol. The second kappa shape index (κ2) is 14.7. The van der Waals surface area contributed by atoms with Crippen molar-refractivity contribution in [1.29, 1.82) is 0 Å². The Hall–Kier alpha value is -4.25. The fourth-order valence-electron chi connectivity index (χ4n) is 3.89. The molecule has 4 rings (SSSR count). The molecule has 9 nitrogen and oxygen atoms in total. The van der Waals surface area contributed by atoms with Crippen molar-refractivity contribution in [2.45, 2.75) is 24.1 Å². The van der Waals surface area contributed by atoms with Gasteiger partial charge in [-0.25, -0.2) is 23.2 Å². The third-order valence-electron chi connectivity index (χ3n) is 6.01. The highest BCUT2D eigenvalue weighted by Crippen LogP contribution is 2.37. The molecule has 250 valence electrons. The molecule has 0 spiro atoms. The summed E-state index contributed by atoms with van der Waals surface area (Å²) in [4.78, 5) is 35.8. The molecule has 47 heavy (non-hydrogen) atoms. The lowest BCUT2D eigenvalue weighted by atomic mass is 10.0. The molecule has 18 heteroatoms. The van der Waals surface area contributed by atoms with Crippen LogP contribution in [0.15, 0.2) is 78.1 Å². The zero-order valence-corrected chi connectivity index (χ0v) is 26.2. The lowest BCUT2D eigenvalue weighted by Gasteiger charge is -2.21. The predicted octanol–water partition coefficient (Wildman–Crippen LogP) is 7.48. The van der Waals surface area contributed by atoms with Gasteiger partial charge in [-0.15, -0.1) is 0 Å². The van der Waals surface area contributed by atoms with Gasteiger partial charge in [-0.05, 0) is 48.0 Å². The highest BCUT2D eigenvalue weighted by molar-refractivity contribution is 7.90. The molecule has 3 aromatic carbocycles. The molecule has 0 fully saturated rings. The smallest absolute Gasteiger partial charge is 0.337 e.